The molecule has 0 saturated carbocycles. The summed E-state index contributed by atoms with van der Waals surface area (Å²) in [6.45, 7) is 9.34. The summed E-state index contributed by atoms with van der Waals surface area (Å²) in [6.07, 6.45) is 5.15. The second-order valence-electron chi connectivity index (χ2n) is 7.88. The highest BCUT2D eigenvalue weighted by atomic mass is 16.6. The maximum absolute atomic E-state index is 12.3. The van der Waals surface area contributed by atoms with Gasteiger partial charge in [0.15, 0.2) is 0 Å². The van der Waals surface area contributed by atoms with E-state index in [1.807, 2.05) is 25.7 Å². The quantitative estimate of drug-likeness (QED) is 0.777. The van der Waals surface area contributed by atoms with Gasteiger partial charge < -0.3 is 14.4 Å². The van der Waals surface area contributed by atoms with Crippen molar-refractivity contribution >= 4 is 6.09 Å². The minimum absolute atomic E-state index is 0.206. The summed E-state index contributed by atoms with van der Waals surface area (Å²) in [6, 6.07) is 4.51. The Labute approximate surface area is 145 Å². The van der Waals surface area contributed by atoms with E-state index in [2.05, 4.69) is 19.1 Å². The minimum atomic E-state index is -0.446. The Morgan fingerprint density at radius 3 is 2.46 bits per heavy atom. The number of fused-ring (bicyclic) bond motifs is 2. The zero-order valence-electron chi connectivity index (χ0n) is 15.4. The lowest BCUT2D eigenvalue weighted by Crippen LogP contribution is -2.38. The Morgan fingerprint density at radius 2 is 1.83 bits per heavy atom. The smallest absolute Gasteiger partial charge is 0.410 e. The zero-order chi connectivity index (χ0) is 17.3. The van der Waals surface area contributed by atoms with Crippen molar-refractivity contribution in [1.82, 2.24) is 4.90 Å². The van der Waals surface area contributed by atoms with Gasteiger partial charge >= 0.3 is 6.09 Å². The van der Waals surface area contributed by atoms with Crippen LogP contribution in [-0.4, -0.2) is 35.8 Å². The molecule has 2 aliphatic heterocycles. The number of aryl methyl sites for hydroxylation is 1. The van der Waals surface area contributed by atoms with Gasteiger partial charge in [-0.05, 0) is 75.6 Å². The SMILES string of the molecule is CCC1CCc2cc3c(cc2O1)CCN(C(=O)OC(C)(C)C)CC3. The first-order valence-corrected chi connectivity index (χ1v) is 9.15. The first-order chi connectivity index (χ1) is 11.4. The van der Waals surface area contributed by atoms with Crippen LogP contribution in [-0.2, 0) is 24.0 Å². The van der Waals surface area contributed by atoms with Gasteiger partial charge in [-0.1, -0.05) is 13.0 Å². The van der Waals surface area contributed by atoms with Crippen LogP contribution in [0.2, 0.25) is 0 Å². The van der Waals surface area contributed by atoms with E-state index in [0.29, 0.717) is 12.6 Å². The third-order valence-corrected chi connectivity index (χ3v) is 4.82. The molecule has 4 heteroatoms. The van der Waals surface area contributed by atoms with Crippen LogP contribution in [0.15, 0.2) is 12.1 Å². The molecular weight excluding hydrogens is 302 g/mol. The normalized spacial score (nSPS) is 20.5. The van der Waals surface area contributed by atoms with Crippen LogP contribution in [0.4, 0.5) is 4.79 Å². The van der Waals surface area contributed by atoms with Gasteiger partial charge in [0, 0.05) is 13.1 Å². The predicted molar refractivity (Wildman–Crippen MR) is 94.7 cm³/mol. The van der Waals surface area contributed by atoms with E-state index >= 15 is 0 Å². The van der Waals surface area contributed by atoms with Crippen LogP contribution in [0.25, 0.3) is 0 Å². The molecule has 2 aliphatic rings. The van der Waals surface area contributed by atoms with Gasteiger partial charge in [0.25, 0.3) is 0 Å². The Morgan fingerprint density at radius 1 is 1.17 bits per heavy atom. The van der Waals surface area contributed by atoms with Gasteiger partial charge in [-0.15, -0.1) is 0 Å². The van der Waals surface area contributed by atoms with Crippen molar-refractivity contribution < 1.29 is 14.3 Å². The first kappa shape index (κ1) is 17.1. The average molecular weight is 331 g/mol. The highest BCUT2D eigenvalue weighted by Gasteiger charge is 2.26. The van der Waals surface area contributed by atoms with Crippen molar-refractivity contribution in [2.24, 2.45) is 0 Å². The largest absolute Gasteiger partial charge is 0.490 e. The minimum Gasteiger partial charge on any atom is -0.490 e. The molecule has 1 unspecified atom stereocenters. The summed E-state index contributed by atoms with van der Waals surface area (Å²) < 4.78 is 11.6. The third-order valence-electron chi connectivity index (χ3n) is 4.82. The van der Waals surface area contributed by atoms with Crippen molar-refractivity contribution in [2.45, 2.75) is 71.5 Å². The molecule has 0 bridgehead atoms. The van der Waals surface area contributed by atoms with Gasteiger partial charge in [0.1, 0.15) is 11.4 Å². The van der Waals surface area contributed by atoms with Crippen LogP contribution in [0, 0.1) is 0 Å². The van der Waals surface area contributed by atoms with E-state index in [4.69, 9.17) is 9.47 Å². The van der Waals surface area contributed by atoms with Crippen molar-refractivity contribution in [3.63, 3.8) is 0 Å². The molecule has 0 N–H and O–H groups in total. The Kier molecular flexibility index (Phi) is 4.75. The van der Waals surface area contributed by atoms with Gasteiger partial charge in [0.2, 0.25) is 0 Å². The molecular formula is C20H29NO3. The standard InChI is InChI=1S/C20H29NO3/c1-5-17-7-6-16-12-14-8-10-21(19(22)24-20(2,3)4)11-9-15(14)13-18(16)23-17/h12-13,17H,5-11H2,1-4H3. The van der Waals surface area contributed by atoms with Crippen LogP contribution in [0.3, 0.4) is 0 Å². The number of ether oxygens (including phenoxy) is 2. The molecule has 24 heavy (non-hydrogen) atoms. The topological polar surface area (TPSA) is 38.8 Å². The Hall–Kier alpha value is -1.71. The van der Waals surface area contributed by atoms with Gasteiger partial charge in [-0.2, -0.15) is 0 Å². The Bertz CT molecular complexity index is 618. The highest BCUT2D eigenvalue weighted by molar-refractivity contribution is 5.68. The monoisotopic (exact) mass is 331 g/mol. The third kappa shape index (κ3) is 3.85. The van der Waals surface area contributed by atoms with Crippen molar-refractivity contribution in [2.75, 3.05) is 13.1 Å². The van der Waals surface area contributed by atoms with Gasteiger partial charge in [-0.25, -0.2) is 4.79 Å². The molecule has 0 spiro atoms. The molecule has 0 fully saturated rings. The maximum Gasteiger partial charge on any atom is 0.410 e. The molecule has 0 saturated heterocycles. The zero-order valence-corrected chi connectivity index (χ0v) is 15.4. The average Bonchev–Trinajstić information content (AvgIpc) is 2.72. The molecule has 0 radical (unpaired) electrons. The molecule has 0 aromatic heterocycles. The summed E-state index contributed by atoms with van der Waals surface area (Å²) in [5.41, 5.74) is 3.55. The Balaban J connectivity index is 1.73. The van der Waals surface area contributed by atoms with Crippen LogP contribution in [0.5, 0.6) is 5.75 Å². The number of carbonyl (C=O) groups is 1. The molecule has 1 amide bonds. The lowest BCUT2D eigenvalue weighted by Gasteiger charge is -2.26. The lowest BCUT2D eigenvalue weighted by atomic mass is 9.94. The van der Waals surface area contributed by atoms with Gasteiger partial charge in [-0.3, -0.25) is 0 Å². The molecule has 3 rings (SSSR count). The molecule has 1 aromatic rings. The summed E-state index contributed by atoms with van der Waals surface area (Å²) in [7, 11) is 0. The number of amides is 1. The molecule has 1 aromatic carbocycles. The highest BCUT2D eigenvalue weighted by Crippen LogP contribution is 2.33. The fourth-order valence-corrected chi connectivity index (χ4v) is 3.46. The van der Waals surface area contributed by atoms with Crippen molar-refractivity contribution in [3.05, 3.63) is 28.8 Å². The van der Waals surface area contributed by atoms with Crippen molar-refractivity contribution in [3.8, 4) is 5.75 Å². The number of benzene rings is 1. The fourth-order valence-electron chi connectivity index (χ4n) is 3.46. The second-order valence-corrected chi connectivity index (χ2v) is 7.88. The van der Waals surface area contributed by atoms with E-state index < -0.39 is 5.60 Å². The van der Waals surface area contributed by atoms with E-state index in [-0.39, 0.29) is 6.09 Å². The number of hydrogen-bond acceptors (Lipinski definition) is 3. The van der Waals surface area contributed by atoms with Crippen molar-refractivity contribution in [1.29, 1.82) is 0 Å². The number of carbonyl (C=O) groups excluding carboxylic acids is 1. The van der Waals surface area contributed by atoms with E-state index in [9.17, 15) is 4.79 Å². The van der Waals surface area contributed by atoms with Crippen LogP contribution >= 0.6 is 0 Å². The van der Waals surface area contributed by atoms with E-state index in [1.54, 1.807) is 0 Å². The molecule has 2 heterocycles. The van der Waals surface area contributed by atoms with Gasteiger partial charge in [0.05, 0.1) is 6.10 Å². The summed E-state index contributed by atoms with van der Waals surface area (Å²) >= 11 is 0. The summed E-state index contributed by atoms with van der Waals surface area (Å²) in [5, 5.41) is 0. The predicted octanol–water partition coefficient (Wildman–Crippen LogP) is 4.13. The summed E-state index contributed by atoms with van der Waals surface area (Å²) in [5.74, 6) is 1.05. The van der Waals surface area contributed by atoms with Crippen LogP contribution in [0.1, 0.15) is 57.2 Å². The maximum atomic E-state index is 12.3. The lowest BCUT2D eigenvalue weighted by molar-refractivity contribution is 0.0258. The number of rotatable bonds is 1. The molecule has 0 aliphatic carbocycles. The van der Waals surface area contributed by atoms with Crippen LogP contribution < -0.4 is 4.74 Å². The second kappa shape index (κ2) is 6.66. The number of hydrogen-bond donors (Lipinski definition) is 0. The summed E-state index contributed by atoms with van der Waals surface area (Å²) in [4.78, 5) is 14.2. The fraction of sp³-hybridized carbons (Fsp3) is 0.650. The first-order valence-electron chi connectivity index (χ1n) is 9.15. The molecule has 132 valence electrons. The molecule has 1 atom stereocenters. The van der Waals surface area contributed by atoms with E-state index in [0.717, 1.165) is 44.4 Å². The number of nitrogens with zero attached hydrogens (tertiary/aromatic N) is 1. The van der Waals surface area contributed by atoms with E-state index in [1.165, 1.54) is 16.7 Å². The molecule has 4 nitrogen and oxygen atoms in total.